The van der Waals surface area contributed by atoms with E-state index in [2.05, 4.69) is 35.1 Å². The van der Waals surface area contributed by atoms with Crippen LogP contribution in [0.25, 0.3) is 11.4 Å². The van der Waals surface area contributed by atoms with E-state index in [4.69, 9.17) is 5.73 Å². The van der Waals surface area contributed by atoms with Crippen LogP contribution in [-0.2, 0) is 0 Å². The lowest BCUT2D eigenvalue weighted by molar-refractivity contribution is 0.579. The molecule has 26 heavy (non-hydrogen) atoms. The van der Waals surface area contributed by atoms with Crippen LogP contribution < -0.4 is 5.73 Å². The van der Waals surface area contributed by atoms with E-state index in [1.54, 1.807) is 0 Å². The molecule has 130 valence electrons. The molecule has 2 heterocycles. The highest BCUT2D eigenvalue weighted by Gasteiger charge is 2.20. The number of aromatic nitrogens is 2. The highest BCUT2D eigenvalue weighted by atomic mass is 15.1. The van der Waals surface area contributed by atoms with Gasteiger partial charge in [0.15, 0.2) is 0 Å². The zero-order valence-corrected chi connectivity index (χ0v) is 15.0. The molecule has 0 spiro atoms. The molecule has 0 saturated carbocycles. The fourth-order valence-electron chi connectivity index (χ4n) is 2.85. The summed E-state index contributed by atoms with van der Waals surface area (Å²) in [6, 6.07) is 10.2. The number of allylic oxidation sites excluding steroid dienone is 2. The van der Waals surface area contributed by atoms with Crippen LogP contribution in [-0.4, -0.2) is 21.4 Å². The molecular formula is C21H21N5. The van der Waals surface area contributed by atoms with Gasteiger partial charge in [0.2, 0.25) is 0 Å². The summed E-state index contributed by atoms with van der Waals surface area (Å²) in [5.74, 6) is 0. The molecule has 1 aliphatic rings. The highest BCUT2D eigenvalue weighted by Crippen LogP contribution is 2.29. The average Bonchev–Trinajstić information content (AvgIpc) is 2.69. The van der Waals surface area contributed by atoms with Crippen LogP contribution in [0.5, 0.6) is 0 Å². The first-order chi connectivity index (χ1) is 12.6. The van der Waals surface area contributed by atoms with Crippen molar-refractivity contribution in [3.05, 3.63) is 83.1 Å². The fourth-order valence-corrected chi connectivity index (χ4v) is 2.85. The average molecular weight is 343 g/mol. The van der Waals surface area contributed by atoms with E-state index in [1.807, 2.05) is 42.3 Å². The zero-order valence-electron chi connectivity index (χ0n) is 15.0. The molecule has 0 bridgehead atoms. The van der Waals surface area contributed by atoms with Gasteiger partial charge in [0.25, 0.3) is 0 Å². The number of nitriles is 1. The van der Waals surface area contributed by atoms with E-state index >= 15 is 0 Å². The predicted molar refractivity (Wildman–Crippen MR) is 103 cm³/mol. The molecule has 2 N–H and O–H groups in total. The van der Waals surface area contributed by atoms with Gasteiger partial charge in [0.05, 0.1) is 17.0 Å². The lowest BCUT2D eigenvalue weighted by atomic mass is 10.0. The summed E-state index contributed by atoms with van der Waals surface area (Å²) >= 11 is 0. The second-order valence-electron chi connectivity index (χ2n) is 6.13. The molecule has 0 unspecified atom stereocenters. The van der Waals surface area contributed by atoms with Crippen LogP contribution in [0.2, 0.25) is 0 Å². The number of benzene rings is 1. The van der Waals surface area contributed by atoms with Crippen LogP contribution in [0.4, 0.5) is 0 Å². The van der Waals surface area contributed by atoms with Crippen LogP contribution in [0.1, 0.15) is 35.7 Å². The van der Waals surface area contributed by atoms with Gasteiger partial charge in [0.1, 0.15) is 18.1 Å². The summed E-state index contributed by atoms with van der Waals surface area (Å²) < 4.78 is 0. The van der Waals surface area contributed by atoms with Gasteiger partial charge < -0.3 is 10.6 Å². The minimum absolute atomic E-state index is 0.399. The van der Waals surface area contributed by atoms with Crippen molar-refractivity contribution in [2.75, 3.05) is 6.54 Å². The third kappa shape index (κ3) is 3.50. The zero-order chi connectivity index (χ0) is 18.5. The minimum atomic E-state index is 0.399. The molecule has 0 fully saturated rings. The predicted octanol–water partition coefficient (Wildman–Crippen LogP) is 3.61. The maximum atomic E-state index is 9.49. The number of hydrogen-bond acceptors (Lipinski definition) is 5. The Bertz CT molecular complexity index is 930. The fraction of sp³-hybridized carbons (Fsp3) is 0.190. The third-order valence-electron chi connectivity index (χ3n) is 4.39. The normalized spacial score (nSPS) is 14.5. The number of hydrogen-bond donors (Lipinski definition) is 1. The number of aryl methyl sites for hydroxylation is 1. The number of nitrogens with zero attached hydrogens (tertiary/aromatic N) is 4. The van der Waals surface area contributed by atoms with E-state index in [-0.39, 0.29) is 0 Å². The first kappa shape index (κ1) is 17.4. The van der Waals surface area contributed by atoms with Gasteiger partial charge in [-0.1, -0.05) is 42.8 Å². The van der Waals surface area contributed by atoms with Gasteiger partial charge in [0, 0.05) is 18.9 Å². The summed E-state index contributed by atoms with van der Waals surface area (Å²) in [6.07, 6.45) is 10.2. The monoisotopic (exact) mass is 343 g/mol. The summed E-state index contributed by atoms with van der Waals surface area (Å²) in [7, 11) is 0. The second kappa shape index (κ2) is 7.66. The van der Waals surface area contributed by atoms with Crippen molar-refractivity contribution in [1.29, 1.82) is 5.26 Å². The number of rotatable bonds is 4. The topological polar surface area (TPSA) is 78.8 Å². The van der Waals surface area contributed by atoms with Crippen molar-refractivity contribution in [1.82, 2.24) is 14.9 Å². The first-order valence-corrected chi connectivity index (χ1v) is 8.55. The SMILES string of the molecule is CCC1=CCN(/C(=C(\N)c2ccc(C)cc2)c2ncncc2C#N)C=C1. The number of nitrogens with two attached hydrogens (primary N) is 1. The standard InChI is InChI=1S/C21H21N5/c1-3-16-8-10-26(11-9-16)21(20-18(12-22)13-24-14-25-20)19(23)17-6-4-15(2)5-7-17/h4-10,13-14H,3,11,23H2,1-2H3/b21-19-. The van der Waals surface area contributed by atoms with Crippen LogP contribution in [0.15, 0.2) is 60.7 Å². The Morgan fingerprint density at radius 3 is 2.69 bits per heavy atom. The molecule has 2 aromatic rings. The van der Waals surface area contributed by atoms with Crippen molar-refractivity contribution in [3.63, 3.8) is 0 Å². The second-order valence-corrected chi connectivity index (χ2v) is 6.13. The molecule has 0 atom stereocenters. The van der Waals surface area contributed by atoms with E-state index in [0.29, 0.717) is 23.5 Å². The molecule has 0 saturated heterocycles. The van der Waals surface area contributed by atoms with Gasteiger partial charge in [-0.2, -0.15) is 5.26 Å². The molecule has 3 rings (SSSR count). The van der Waals surface area contributed by atoms with E-state index < -0.39 is 0 Å². The molecule has 5 nitrogen and oxygen atoms in total. The lowest BCUT2D eigenvalue weighted by Gasteiger charge is -2.27. The maximum absolute atomic E-state index is 9.49. The Morgan fingerprint density at radius 2 is 2.08 bits per heavy atom. The van der Waals surface area contributed by atoms with E-state index in [0.717, 1.165) is 23.2 Å². The Hall–Kier alpha value is -3.39. The summed E-state index contributed by atoms with van der Waals surface area (Å²) in [5, 5.41) is 9.49. The van der Waals surface area contributed by atoms with E-state index in [9.17, 15) is 5.26 Å². The third-order valence-corrected chi connectivity index (χ3v) is 4.39. The lowest BCUT2D eigenvalue weighted by Crippen LogP contribution is -2.23. The van der Waals surface area contributed by atoms with Gasteiger partial charge in [-0.25, -0.2) is 9.97 Å². The summed E-state index contributed by atoms with van der Waals surface area (Å²) in [6.45, 7) is 4.84. The highest BCUT2D eigenvalue weighted by molar-refractivity contribution is 5.89. The van der Waals surface area contributed by atoms with Crippen LogP contribution >= 0.6 is 0 Å². The van der Waals surface area contributed by atoms with Gasteiger partial charge >= 0.3 is 0 Å². The Kier molecular flexibility index (Phi) is 5.14. The molecule has 1 aromatic carbocycles. The summed E-state index contributed by atoms with van der Waals surface area (Å²) in [5.41, 5.74) is 12.1. The van der Waals surface area contributed by atoms with Crippen molar-refractivity contribution >= 4 is 11.4 Å². The van der Waals surface area contributed by atoms with Crippen molar-refractivity contribution in [2.24, 2.45) is 5.73 Å². The van der Waals surface area contributed by atoms with Crippen molar-refractivity contribution < 1.29 is 0 Å². The van der Waals surface area contributed by atoms with Gasteiger partial charge in [-0.3, -0.25) is 0 Å². The van der Waals surface area contributed by atoms with Gasteiger partial charge in [-0.15, -0.1) is 0 Å². The molecular weight excluding hydrogens is 322 g/mol. The largest absolute Gasteiger partial charge is 0.396 e. The smallest absolute Gasteiger partial charge is 0.116 e. The molecule has 1 aliphatic heterocycles. The molecule has 1 aromatic heterocycles. The Balaban J connectivity index is 2.15. The Labute approximate surface area is 153 Å². The van der Waals surface area contributed by atoms with E-state index in [1.165, 1.54) is 18.1 Å². The van der Waals surface area contributed by atoms with Crippen LogP contribution in [0.3, 0.4) is 0 Å². The van der Waals surface area contributed by atoms with Crippen molar-refractivity contribution in [2.45, 2.75) is 20.3 Å². The quantitative estimate of drug-likeness (QED) is 0.917. The minimum Gasteiger partial charge on any atom is -0.396 e. The van der Waals surface area contributed by atoms with Crippen LogP contribution in [0, 0.1) is 18.3 Å². The Morgan fingerprint density at radius 1 is 1.31 bits per heavy atom. The van der Waals surface area contributed by atoms with Crippen molar-refractivity contribution in [3.8, 4) is 6.07 Å². The molecule has 0 aliphatic carbocycles. The molecule has 0 amide bonds. The first-order valence-electron chi connectivity index (χ1n) is 8.55. The molecule has 5 heteroatoms. The molecule has 0 radical (unpaired) electrons. The summed E-state index contributed by atoms with van der Waals surface area (Å²) in [4.78, 5) is 10.4. The van der Waals surface area contributed by atoms with Gasteiger partial charge in [-0.05, 0) is 30.6 Å². The maximum Gasteiger partial charge on any atom is 0.116 e.